The fourth-order valence-corrected chi connectivity index (χ4v) is 2.75. The Hall–Kier alpha value is -1.34. The fraction of sp³-hybridized carbons (Fsp3) is 0.615. The summed E-state index contributed by atoms with van der Waals surface area (Å²) < 4.78 is 29.8. The van der Waals surface area contributed by atoms with Crippen LogP contribution in [0.3, 0.4) is 0 Å². The van der Waals surface area contributed by atoms with Crippen LogP contribution in [0.2, 0.25) is 0 Å². The average molecular weight is 301 g/mol. The summed E-state index contributed by atoms with van der Waals surface area (Å²) >= 11 is 0. The van der Waals surface area contributed by atoms with Gasteiger partial charge in [-0.1, -0.05) is 6.92 Å². The first-order chi connectivity index (χ1) is 9.49. The van der Waals surface area contributed by atoms with Crippen LogP contribution in [-0.4, -0.2) is 50.2 Å². The third-order valence-electron chi connectivity index (χ3n) is 2.77. The molecule has 114 valence electrons. The van der Waals surface area contributed by atoms with Gasteiger partial charge in [0.2, 0.25) is 10.0 Å². The molecule has 0 atom stereocenters. The third kappa shape index (κ3) is 5.34. The fourth-order valence-electron chi connectivity index (χ4n) is 1.82. The van der Waals surface area contributed by atoms with Crippen molar-refractivity contribution in [3.63, 3.8) is 0 Å². The van der Waals surface area contributed by atoms with E-state index in [9.17, 15) is 8.42 Å². The van der Waals surface area contributed by atoms with Crippen molar-refractivity contribution >= 4 is 15.8 Å². The predicted octanol–water partition coefficient (Wildman–Crippen LogP) is 1.56. The molecule has 0 bridgehead atoms. The summed E-state index contributed by atoms with van der Waals surface area (Å²) in [4.78, 5) is 4.21. The third-order valence-corrected chi connectivity index (χ3v) is 4.15. The number of rotatable bonds is 9. The number of hydrogen-bond acceptors (Lipinski definition) is 5. The lowest BCUT2D eigenvalue weighted by molar-refractivity contribution is 0.340. The molecule has 0 unspecified atom stereocenters. The Morgan fingerprint density at radius 2 is 2.15 bits per heavy atom. The molecule has 0 saturated carbocycles. The smallest absolute Gasteiger partial charge is 0.211 e. The Labute approximate surface area is 121 Å². The highest BCUT2D eigenvalue weighted by Crippen LogP contribution is 2.20. The largest absolute Gasteiger partial charge is 0.490 e. The number of anilines is 1. The van der Waals surface area contributed by atoms with Crippen molar-refractivity contribution in [3.8, 4) is 5.75 Å². The topological polar surface area (TPSA) is 71.5 Å². The summed E-state index contributed by atoms with van der Waals surface area (Å²) in [6, 6.07) is 3.67. The van der Waals surface area contributed by atoms with Crippen LogP contribution < -0.4 is 10.1 Å². The SMILES string of the molecule is CCOc1cccnc1NCCCN(CC)S(C)(=O)=O. The van der Waals surface area contributed by atoms with Gasteiger partial charge in [0.25, 0.3) is 0 Å². The molecule has 0 fully saturated rings. The number of hydrogen-bond donors (Lipinski definition) is 1. The molecule has 0 radical (unpaired) electrons. The second kappa shape index (κ2) is 8.06. The maximum atomic E-state index is 11.4. The minimum atomic E-state index is -3.11. The molecule has 7 heteroatoms. The lowest BCUT2D eigenvalue weighted by Gasteiger charge is -2.18. The van der Waals surface area contributed by atoms with Crippen molar-refractivity contribution < 1.29 is 13.2 Å². The van der Waals surface area contributed by atoms with Crippen molar-refractivity contribution in [2.24, 2.45) is 0 Å². The number of pyridine rings is 1. The molecule has 1 heterocycles. The quantitative estimate of drug-likeness (QED) is 0.701. The molecule has 0 aliphatic carbocycles. The molecule has 1 aromatic heterocycles. The molecule has 1 rings (SSSR count). The van der Waals surface area contributed by atoms with Crippen LogP contribution >= 0.6 is 0 Å². The van der Waals surface area contributed by atoms with E-state index in [1.807, 2.05) is 26.0 Å². The number of nitrogens with zero attached hydrogens (tertiary/aromatic N) is 2. The van der Waals surface area contributed by atoms with Crippen LogP contribution in [0.5, 0.6) is 5.75 Å². The highest BCUT2D eigenvalue weighted by Gasteiger charge is 2.13. The van der Waals surface area contributed by atoms with Gasteiger partial charge in [-0.25, -0.2) is 17.7 Å². The summed E-state index contributed by atoms with van der Waals surface area (Å²) in [5.41, 5.74) is 0. The molecule has 6 nitrogen and oxygen atoms in total. The van der Waals surface area contributed by atoms with E-state index in [4.69, 9.17) is 4.74 Å². The van der Waals surface area contributed by atoms with Gasteiger partial charge < -0.3 is 10.1 Å². The molecule has 0 spiro atoms. The van der Waals surface area contributed by atoms with Crippen molar-refractivity contribution in [3.05, 3.63) is 18.3 Å². The van der Waals surface area contributed by atoms with Crippen LogP contribution in [0.25, 0.3) is 0 Å². The van der Waals surface area contributed by atoms with Crippen LogP contribution in [-0.2, 0) is 10.0 Å². The molecule has 0 aliphatic rings. The molecular formula is C13H23N3O3S. The van der Waals surface area contributed by atoms with E-state index in [0.29, 0.717) is 44.2 Å². The van der Waals surface area contributed by atoms with Crippen molar-refractivity contribution in [2.75, 3.05) is 37.8 Å². The predicted molar refractivity (Wildman–Crippen MR) is 80.6 cm³/mol. The van der Waals surface area contributed by atoms with E-state index in [2.05, 4.69) is 10.3 Å². The maximum absolute atomic E-state index is 11.4. The first kappa shape index (κ1) is 16.7. The molecule has 0 saturated heterocycles. The lowest BCUT2D eigenvalue weighted by atomic mass is 10.3. The number of aromatic nitrogens is 1. The number of sulfonamides is 1. The standard InChI is InChI=1S/C13H23N3O3S/c1-4-16(20(3,17)18)11-7-10-15-13-12(19-5-2)8-6-9-14-13/h6,8-9H,4-5,7,10-11H2,1-3H3,(H,14,15). The summed E-state index contributed by atoms with van der Waals surface area (Å²) in [5.74, 6) is 1.40. The van der Waals surface area contributed by atoms with Gasteiger partial charge in [0.05, 0.1) is 12.9 Å². The highest BCUT2D eigenvalue weighted by atomic mass is 32.2. The number of nitrogens with one attached hydrogen (secondary N) is 1. The minimum Gasteiger partial charge on any atom is -0.490 e. The second-order valence-electron chi connectivity index (χ2n) is 4.32. The van der Waals surface area contributed by atoms with Gasteiger partial charge in [0, 0.05) is 25.8 Å². The van der Waals surface area contributed by atoms with Gasteiger partial charge in [0.15, 0.2) is 11.6 Å². The molecule has 20 heavy (non-hydrogen) atoms. The Balaban J connectivity index is 2.45. The monoisotopic (exact) mass is 301 g/mol. The zero-order chi connectivity index (χ0) is 15.0. The second-order valence-corrected chi connectivity index (χ2v) is 6.30. The molecule has 1 N–H and O–H groups in total. The van der Waals surface area contributed by atoms with Gasteiger partial charge in [-0.05, 0) is 25.5 Å². The van der Waals surface area contributed by atoms with Crippen LogP contribution in [0.15, 0.2) is 18.3 Å². The van der Waals surface area contributed by atoms with Crippen molar-refractivity contribution in [1.29, 1.82) is 0 Å². The van der Waals surface area contributed by atoms with Crippen LogP contribution in [0.1, 0.15) is 20.3 Å². The van der Waals surface area contributed by atoms with E-state index < -0.39 is 10.0 Å². The van der Waals surface area contributed by atoms with Crippen LogP contribution in [0.4, 0.5) is 5.82 Å². The summed E-state index contributed by atoms with van der Waals surface area (Å²) in [6.45, 7) is 5.97. The Kier molecular flexibility index (Phi) is 6.74. The maximum Gasteiger partial charge on any atom is 0.211 e. The van der Waals surface area contributed by atoms with E-state index in [1.54, 1.807) is 6.20 Å². The highest BCUT2D eigenvalue weighted by molar-refractivity contribution is 7.88. The van der Waals surface area contributed by atoms with Gasteiger partial charge >= 0.3 is 0 Å². The van der Waals surface area contributed by atoms with E-state index in [1.165, 1.54) is 10.6 Å². The molecule has 1 aromatic rings. The average Bonchev–Trinajstić information content (AvgIpc) is 2.39. The zero-order valence-electron chi connectivity index (χ0n) is 12.3. The molecule has 0 aliphatic heterocycles. The zero-order valence-corrected chi connectivity index (χ0v) is 13.1. The van der Waals surface area contributed by atoms with Gasteiger partial charge in [-0.3, -0.25) is 0 Å². The molecular weight excluding hydrogens is 278 g/mol. The van der Waals surface area contributed by atoms with Gasteiger partial charge in [-0.15, -0.1) is 0 Å². The van der Waals surface area contributed by atoms with E-state index in [0.717, 1.165) is 0 Å². The Morgan fingerprint density at radius 3 is 2.75 bits per heavy atom. The van der Waals surface area contributed by atoms with Gasteiger partial charge in [0.1, 0.15) is 0 Å². The van der Waals surface area contributed by atoms with E-state index in [-0.39, 0.29) is 0 Å². The van der Waals surface area contributed by atoms with Crippen molar-refractivity contribution in [2.45, 2.75) is 20.3 Å². The Bertz CT molecular complexity index is 505. The Morgan fingerprint density at radius 1 is 1.40 bits per heavy atom. The summed E-state index contributed by atoms with van der Waals surface area (Å²) in [7, 11) is -3.11. The minimum absolute atomic E-state index is 0.493. The molecule has 0 amide bonds. The normalized spacial score (nSPS) is 11.6. The van der Waals surface area contributed by atoms with E-state index >= 15 is 0 Å². The summed E-state index contributed by atoms with van der Waals surface area (Å²) in [5, 5.41) is 3.17. The van der Waals surface area contributed by atoms with Crippen LogP contribution in [0, 0.1) is 0 Å². The molecule has 0 aromatic carbocycles. The first-order valence-corrected chi connectivity index (χ1v) is 8.60. The van der Waals surface area contributed by atoms with Gasteiger partial charge in [-0.2, -0.15) is 0 Å². The first-order valence-electron chi connectivity index (χ1n) is 6.75. The lowest BCUT2D eigenvalue weighted by Crippen LogP contribution is -2.31. The number of ether oxygens (including phenoxy) is 1. The van der Waals surface area contributed by atoms with Crippen molar-refractivity contribution in [1.82, 2.24) is 9.29 Å². The summed E-state index contributed by atoms with van der Waals surface area (Å²) in [6.07, 6.45) is 3.64.